The first-order valence-corrected chi connectivity index (χ1v) is 7.37. The lowest BCUT2D eigenvalue weighted by Crippen LogP contribution is -2.54. The Labute approximate surface area is 120 Å². The maximum Gasteiger partial charge on any atom is 0.410 e. The van der Waals surface area contributed by atoms with Crippen LogP contribution in [0.4, 0.5) is 4.79 Å². The highest BCUT2D eigenvalue weighted by atomic mass is 16.6. The molecule has 0 aromatic carbocycles. The van der Waals surface area contributed by atoms with Gasteiger partial charge in [-0.15, -0.1) is 0 Å². The summed E-state index contributed by atoms with van der Waals surface area (Å²) in [7, 11) is 1.44. The van der Waals surface area contributed by atoms with E-state index in [0.29, 0.717) is 13.1 Å². The number of amides is 1. The van der Waals surface area contributed by atoms with Gasteiger partial charge >= 0.3 is 12.1 Å². The molecule has 0 N–H and O–H groups in total. The molecule has 1 aliphatic carbocycles. The summed E-state index contributed by atoms with van der Waals surface area (Å²) in [6.45, 7) is 6.81. The van der Waals surface area contributed by atoms with Gasteiger partial charge in [-0.3, -0.25) is 4.79 Å². The second-order valence-electron chi connectivity index (χ2n) is 6.89. The smallest absolute Gasteiger partial charge is 0.410 e. The molecule has 0 aromatic rings. The Kier molecular flexibility index (Phi) is 4.25. The summed E-state index contributed by atoms with van der Waals surface area (Å²) in [5.74, 6) is 0.251. The van der Waals surface area contributed by atoms with Gasteiger partial charge < -0.3 is 14.4 Å². The second kappa shape index (κ2) is 5.62. The molecule has 1 amide bonds. The predicted molar refractivity (Wildman–Crippen MR) is 74.1 cm³/mol. The lowest BCUT2D eigenvalue weighted by atomic mass is 9.69. The molecular formula is C15H25NO4. The Morgan fingerprint density at radius 1 is 1.10 bits per heavy atom. The number of nitrogens with zero attached hydrogens (tertiary/aromatic N) is 1. The molecule has 1 aliphatic heterocycles. The summed E-state index contributed by atoms with van der Waals surface area (Å²) in [5, 5.41) is 0. The van der Waals surface area contributed by atoms with Gasteiger partial charge in [0.1, 0.15) is 5.60 Å². The lowest BCUT2D eigenvalue weighted by molar-refractivity contribution is -0.154. The molecular weight excluding hydrogens is 258 g/mol. The van der Waals surface area contributed by atoms with Crippen LogP contribution in [0.15, 0.2) is 0 Å². The zero-order valence-electron chi connectivity index (χ0n) is 12.8. The number of hydrogen-bond donors (Lipinski definition) is 0. The van der Waals surface area contributed by atoms with Gasteiger partial charge in [0.25, 0.3) is 0 Å². The Balaban J connectivity index is 2.05. The first-order chi connectivity index (χ1) is 9.31. The summed E-state index contributed by atoms with van der Waals surface area (Å²) >= 11 is 0. The Morgan fingerprint density at radius 2 is 1.65 bits per heavy atom. The third-order valence-corrected chi connectivity index (χ3v) is 4.20. The molecule has 5 heteroatoms. The zero-order valence-corrected chi connectivity index (χ0v) is 12.8. The number of esters is 1. The molecule has 0 spiro atoms. The summed E-state index contributed by atoms with van der Waals surface area (Å²) in [6, 6.07) is 0. The minimum absolute atomic E-state index is 0.0487. The summed E-state index contributed by atoms with van der Waals surface area (Å²) < 4.78 is 10.4. The van der Waals surface area contributed by atoms with Crippen molar-refractivity contribution in [3.63, 3.8) is 0 Å². The van der Waals surface area contributed by atoms with Gasteiger partial charge in [0.15, 0.2) is 0 Å². The van der Waals surface area contributed by atoms with Gasteiger partial charge in [-0.2, -0.15) is 0 Å². The number of ether oxygens (including phenoxy) is 2. The average molecular weight is 283 g/mol. The first-order valence-electron chi connectivity index (χ1n) is 7.37. The van der Waals surface area contributed by atoms with Crippen LogP contribution in [-0.2, 0) is 14.3 Å². The second-order valence-corrected chi connectivity index (χ2v) is 6.89. The van der Waals surface area contributed by atoms with E-state index < -0.39 is 5.60 Å². The van der Waals surface area contributed by atoms with Crippen molar-refractivity contribution in [1.29, 1.82) is 0 Å². The highest BCUT2D eigenvalue weighted by Gasteiger charge is 2.45. The maximum absolute atomic E-state index is 12.2. The number of piperidine rings is 1. The molecule has 114 valence electrons. The maximum atomic E-state index is 12.2. The van der Waals surface area contributed by atoms with Crippen molar-refractivity contribution in [3.8, 4) is 0 Å². The van der Waals surface area contributed by atoms with Crippen molar-refractivity contribution in [2.75, 3.05) is 20.2 Å². The van der Waals surface area contributed by atoms with Gasteiger partial charge in [0, 0.05) is 13.1 Å². The molecule has 2 unspecified atom stereocenters. The molecule has 2 fully saturated rings. The van der Waals surface area contributed by atoms with Crippen molar-refractivity contribution in [1.82, 2.24) is 4.90 Å². The van der Waals surface area contributed by atoms with Crippen LogP contribution in [0.1, 0.15) is 40.0 Å². The minimum atomic E-state index is -0.481. The number of hydrogen-bond acceptors (Lipinski definition) is 4. The summed E-state index contributed by atoms with van der Waals surface area (Å²) in [6.07, 6.45) is 2.83. The Bertz CT molecular complexity index is 374. The number of fused-ring (bicyclic) bond motifs is 2. The van der Waals surface area contributed by atoms with Gasteiger partial charge in [-0.1, -0.05) is 6.42 Å². The zero-order chi connectivity index (χ0) is 14.9. The van der Waals surface area contributed by atoms with Crippen LogP contribution in [0.3, 0.4) is 0 Å². The highest BCUT2D eigenvalue weighted by molar-refractivity contribution is 5.74. The van der Waals surface area contributed by atoms with Crippen molar-refractivity contribution < 1.29 is 19.1 Å². The van der Waals surface area contributed by atoms with Gasteiger partial charge in [0.2, 0.25) is 0 Å². The quantitative estimate of drug-likeness (QED) is 0.694. The summed E-state index contributed by atoms with van der Waals surface area (Å²) in [5.41, 5.74) is -0.481. The number of methoxy groups -OCH3 is 1. The molecule has 20 heavy (non-hydrogen) atoms. The van der Waals surface area contributed by atoms with Crippen LogP contribution < -0.4 is 0 Å². The van der Waals surface area contributed by atoms with E-state index in [4.69, 9.17) is 9.47 Å². The van der Waals surface area contributed by atoms with E-state index in [-0.39, 0.29) is 29.8 Å². The van der Waals surface area contributed by atoms with Crippen molar-refractivity contribution >= 4 is 12.1 Å². The van der Waals surface area contributed by atoms with E-state index in [9.17, 15) is 9.59 Å². The van der Waals surface area contributed by atoms with Crippen LogP contribution in [-0.4, -0.2) is 42.8 Å². The molecule has 5 nitrogen and oxygen atoms in total. The molecule has 2 bridgehead atoms. The summed E-state index contributed by atoms with van der Waals surface area (Å²) in [4.78, 5) is 25.9. The van der Waals surface area contributed by atoms with Crippen LogP contribution in [0, 0.1) is 17.8 Å². The van der Waals surface area contributed by atoms with Crippen molar-refractivity contribution in [2.45, 2.75) is 45.6 Å². The molecule has 1 saturated carbocycles. The molecule has 1 heterocycles. The fraction of sp³-hybridized carbons (Fsp3) is 0.867. The normalized spacial score (nSPS) is 29.8. The fourth-order valence-electron chi connectivity index (χ4n) is 3.43. The average Bonchev–Trinajstić information content (AvgIpc) is 2.34. The van der Waals surface area contributed by atoms with Crippen LogP contribution in [0.2, 0.25) is 0 Å². The Morgan fingerprint density at radius 3 is 2.10 bits per heavy atom. The monoisotopic (exact) mass is 283 g/mol. The number of carbonyl (C=O) groups excluding carboxylic acids is 2. The largest absolute Gasteiger partial charge is 0.469 e. The molecule has 0 radical (unpaired) electrons. The van der Waals surface area contributed by atoms with Crippen molar-refractivity contribution in [2.24, 2.45) is 17.8 Å². The SMILES string of the molecule is COC(=O)C1C2CCCC1CN(C(=O)OC(C)(C)C)C2. The molecule has 0 aromatic heterocycles. The van der Waals surface area contributed by atoms with Crippen LogP contribution in [0.5, 0.6) is 0 Å². The fourth-order valence-corrected chi connectivity index (χ4v) is 3.43. The Hall–Kier alpha value is -1.26. The molecule has 2 atom stereocenters. The van der Waals surface area contributed by atoms with E-state index >= 15 is 0 Å². The third-order valence-electron chi connectivity index (χ3n) is 4.20. The molecule has 2 rings (SSSR count). The predicted octanol–water partition coefficient (Wildman–Crippen LogP) is 2.44. The number of rotatable bonds is 1. The molecule has 1 saturated heterocycles. The topological polar surface area (TPSA) is 55.8 Å². The molecule has 2 aliphatic rings. The number of carbonyl (C=O) groups is 2. The first kappa shape index (κ1) is 15.1. The van der Waals surface area contributed by atoms with Crippen LogP contribution >= 0.6 is 0 Å². The van der Waals surface area contributed by atoms with Crippen molar-refractivity contribution in [3.05, 3.63) is 0 Å². The van der Waals surface area contributed by atoms with Gasteiger partial charge in [0.05, 0.1) is 13.0 Å². The highest BCUT2D eigenvalue weighted by Crippen LogP contribution is 2.40. The minimum Gasteiger partial charge on any atom is -0.469 e. The van der Waals surface area contributed by atoms with E-state index in [1.165, 1.54) is 7.11 Å². The van der Waals surface area contributed by atoms with E-state index in [2.05, 4.69) is 0 Å². The number of likely N-dealkylation sites (tertiary alicyclic amines) is 1. The third kappa shape index (κ3) is 3.25. The standard InChI is InChI=1S/C15H25NO4/c1-15(2,3)20-14(18)16-8-10-6-5-7-11(9-16)12(10)13(17)19-4/h10-12H,5-9H2,1-4H3. The van der Waals surface area contributed by atoms with E-state index in [1.807, 2.05) is 20.8 Å². The van der Waals surface area contributed by atoms with E-state index in [1.54, 1.807) is 4.90 Å². The van der Waals surface area contributed by atoms with E-state index in [0.717, 1.165) is 19.3 Å². The van der Waals surface area contributed by atoms with Crippen LogP contribution in [0.25, 0.3) is 0 Å². The lowest BCUT2D eigenvalue weighted by Gasteiger charge is -2.45. The van der Waals surface area contributed by atoms with Gasteiger partial charge in [-0.25, -0.2) is 4.79 Å². The van der Waals surface area contributed by atoms with Gasteiger partial charge in [-0.05, 0) is 45.4 Å².